The van der Waals surface area contributed by atoms with E-state index in [4.69, 9.17) is 9.47 Å². The van der Waals surface area contributed by atoms with Crippen LogP contribution in [0.2, 0.25) is 0 Å². The lowest BCUT2D eigenvalue weighted by Gasteiger charge is -2.34. The Hall–Kier alpha value is -3.35. The van der Waals surface area contributed by atoms with Crippen LogP contribution in [0.1, 0.15) is 37.8 Å². The third kappa shape index (κ3) is 5.59. The highest BCUT2D eigenvalue weighted by molar-refractivity contribution is 5.98. The number of nitrogens with one attached hydrogen (secondary N) is 1. The number of benzene rings is 2. The lowest BCUT2D eigenvalue weighted by Crippen LogP contribution is -2.43. The molecule has 1 unspecified atom stereocenters. The van der Waals surface area contributed by atoms with Gasteiger partial charge < -0.3 is 19.7 Å². The Balaban J connectivity index is 1.75. The molecule has 7 heteroatoms. The van der Waals surface area contributed by atoms with E-state index >= 15 is 0 Å². The van der Waals surface area contributed by atoms with Crippen LogP contribution in [0.5, 0.6) is 5.75 Å². The number of likely N-dealkylation sites (tertiary alicyclic amines) is 1. The minimum Gasteiger partial charge on any atom is -0.482 e. The molecule has 1 atom stereocenters. The summed E-state index contributed by atoms with van der Waals surface area (Å²) < 4.78 is 10.3. The van der Waals surface area contributed by atoms with E-state index in [0.29, 0.717) is 24.4 Å². The maximum Gasteiger partial charge on any atom is 0.344 e. The Morgan fingerprint density at radius 3 is 2.63 bits per heavy atom. The molecule has 0 radical (unpaired) electrons. The van der Waals surface area contributed by atoms with Crippen LogP contribution >= 0.6 is 0 Å². The number of rotatable bonds is 8. The van der Waals surface area contributed by atoms with E-state index in [0.717, 1.165) is 18.4 Å². The summed E-state index contributed by atoms with van der Waals surface area (Å²) >= 11 is 0. The van der Waals surface area contributed by atoms with Crippen molar-refractivity contribution < 1.29 is 23.9 Å². The molecule has 0 aromatic heterocycles. The highest BCUT2D eigenvalue weighted by Gasteiger charge is 2.32. The number of esters is 1. The number of piperidine rings is 1. The molecule has 30 heavy (non-hydrogen) atoms. The molecule has 1 aliphatic heterocycles. The van der Waals surface area contributed by atoms with E-state index in [-0.39, 0.29) is 25.0 Å². The van der Waals surface area contributed by atoms with Crippen molar-refractivity contribution in [1.29, 1.82) is 0 Å². The highest BCUT2D eigenvalue weighted by Crippen LogP contribution is 2.27. The summed E-state index contributed by atoms with van der Waals surface area (Å²) in [5.74, 6) is -0.332. The van der Waals surface area contributed by atoms with Crippen LogP contribution in [0.3, 0.4) is 0 Å². The lowest BCUT2D eigenvalue weighted by molar-refractivity contribution is -0.145. The first kappa shape index (κ1) is 21.4. The van der Waals surface area contributed by atoms with Crippen molar-refractivity contribution in [3.63, 3.8) is 0 Å². The standard InChI is InChI=1S/C23H26N2O5/c1-2-29-21(27)16-30-19-12-8-11-18(15-19)24-23(28)22(17-9-4-3-5-10-17)25-14-7-6-13-20(25)26/h3-5,8-12,15,22H,2,6-7,13-14,16H2,1H3,(H,24,28). The number of hydrogen-bond acceptors (Lipinski definition) is 5. The van der Waals surface area contributed by atoms with E-state index in [2.05, 4.69) is 5.32 Å². The van der Waals surface area contributed by atoms with Crippen LogP contribution in [0.25, 0.3) is 0 Å². The second-order valence-electron chi connectivity index (χ2n) is 6.97. The number of carbonyl (C=O) groups is 3. The Labute approximate surface area is 176 Å². The molecule has 1 fully saturated rings. The first-order valence-electron chi connectivity index (χ1n) is 10.1. The number of nitrogens with zero attached hydrogens (tertiary/aromatic N) is 1. The number of hydrogen-bond donors (Lipinski definition) is 1. The van der Waals surface area contributed by atoms with Crippen molar-refractivity contribution in [2.75, 3.05) is 25.1 Å². The third-order valence-corrected chi connectivity index (χ3v) is 4.80. The van der Waals surface area contributed by atoms with Crippen LogP contribution in [-0.2, 0) is 19.1 Å². The molecule has 0 bridgehead atoms. The molecular formula is C23H26N2O5. The van der Waals surface area contributed by atoms with Gasteiger partial charge in [-0.15, -0.1) is 0 Å². The molecule has 2 aromatic carbocycles. The first-order chi connectivity index (χ1) is 14.6. The quantitative estimate of drug-likeness (QED) is 0.675. The summed E-state index contributed by atoms with van der Waals surface area (Å²) in [5, 5.41) is 2.88. The maximum atomic E-state index is 13.2. The van der Waals surface area contributed by atoms with Gasteiger partial charge in [-0.3, -0.25) is 9.59 Å². The van der Waals surface area contributed by atoms with Crippen molar-refractivity contribution >= 4 is 23.5 Å². The van der Waals surface area contributed by atoms with E-state index < -0.39 is 12.0 Å². The smallest absolute Gasteiger partial charge is 0.344 e. The molecule has 0 spiro atoms. The van der Waals surface area contributed by atoms with E-state index in [1.165, 1.54) is 0 Å². The van der Waals surface area contributed by atoms with Crippen molar-refractivity contribution in [1.82, 2.24) is 4.90 Å². The van der Waals surface area contributed by atoms with Gasteiger partial charge >= 0.3 is 5.97 Å². The van der Waals surface area contributed by atoms with Crippen LogP contribution in [0.4, 0.5) is 5.69 Å². The lowest BCUT2D eigenvalue weighted by atomic mass is 10.0. The monoisotopic (exact) mass is 410 g/mol. The summed E-state index contributed by atoms with van der Waals surface area (Å²) in [5.41, 5.74) is 1.28. The second-order valence-corrected chi connectivity index (χ2v) is 6.97. The maximum absolute atomic E-state index is 13.2. The summed E-state index contributed by atoms with van der Waals surface area (Å²) in [4.78, 5) is 38.8. The highest BCUT2D eigenvalue weighted by atomic mass is 16.6. The van der Waals surface area contributed by atoms with Gasteiger partial charge in [-0.2, -0.15) is 0 Å². The summed E-state index contributed by atoms with van der Waals surface area (Å²) in [6, 6.07) is 15.4. The topological polar surface area (TPSA) is 84.9 Å². The fourth-order valence-electron chi connectivity index (χ4n) is 3.43. The van der Waals surface area contributed by atoms with Gasteiger partial charge in [0.1, 0.15) is 11.8 Å². The fraction of sp³-hybridized carbons (Fsp3) is 0.348. The average Bonchev–Trinajstić information content (AvgIpc) is 2.75. The van der Waals surface area contributed by atoms with Crippen LogP contribution in [0.15, 0.2) is 54.6 Å². The predicted octanol–water partition coefficient (Wildman–Crippen LogP) is 3.32. The SMILES string of the molecule is CCOC(=O)COc1cccc(NC(=O)C(c2ccccc2)N2CCCCC2=O)c1. The van der Waals surface area contributed by atoms with Crippen LogP contribution in [0, 0.1) is 0 Å². The van der Waals surface area contributed by atoms with E-state index in [9.17, 15) is 14.4 Å². The molecule has 0 aliphatic carbocycles. The van der Waals surface area contributed by atoms with Gasteiger partial charge in [0.15, 0.2) is 6.61 Å². The average molecular weight is 410 g/mol. The first-order valence-corrected chi connectivity index (χ1v) is 10.1. The van der Waals surface area contributed by atoms with Crippen LogP contribution in [-0.4, -0.2) is 42.4 Å². The zero-order chi connectivity index (χ0) is 21.3. The van der Waals surface area contributed by atoms with Gasteiger partial charge in [-0.1, -0.05) is 36.4 Å². The van der Waals surface area contributed by atoms with Gasteiger partial charge in [0.2, 0.25) is 5.91 Å². The van der Waals surface area contributed by atoms with E-state index in [1.54, 1.807) is 36.1 Å². The second kappa shape index (κ2) is 10.4. The molecule has 1 aliphatic rings. The molecular weight excluding hydrogens is 384 g/mol. The molecule has 2 aromatic rings. The van der Waals surface area contributed by atoms with Gasteiger partial charge in [0, 0.05) is 24.7 Å². The normalized spacial score (nSPS) is 14.7. The Morgan fingerprint density at radius 1 is 1.10 bits per heavy atom. The zero-order valence-electron chi connectivity index (χ0n) is 17.0. The molecule has 1 N–H and O–H groups in total. The zero-order valence-corrected chi connectivity index (χ0v) is 17.0. The van der Waals surface area contributed by atoms with Crippen molar-refractivity contribution in [3.05, 3.63) is 60.2 Å². The summed E-state index contributed by atoms with van der Waals surface area (Å²) in [6.45, 7) is 2.35. The summed E-state index contributed by atoms with van der Waals surface area (Å²) in [6.07, 6.45) is 2.17. The fourth-order valence-corrected chi connectivity index (χ4v) is 3.43. The van der Waals surface area contributed by atoms with Crippen molar-refractivity contribution in [2.45, 2.75) is 32.2 Å². The number of ether oxygens (including phenoxy) is 2. The van der Waals surface area contributed by atoms with Crippen LogP contribution < -0.4 is 10.1 Å². The van der Waals surface area contributed by atoms with Crippen molar-refractivity contribution in [3.8, 4) is 5.75 Å². The molecule has 7 nitrogen and oxygen atoms in total. The molecule has 158 valence electrons. The number of amides is 2. The molecule has 1 heterocycles. The van der Waals surface area contributed by atoms with E-state index in [1.807, 2.05) is 30.3 Å². The molecule has 2 amide bonds. The Bertz CT molecular complexity index is 884. The number of anilines is 1. The molecule has 3 rings (SSSR count). The third-order valence-electron chi connectivity index (χ3n) is 4.80. The predicted molar refractivity (Wildman–Crippen MR) is 112 cm³/mol. The molecule has 0 saturated carbocycles. The Morgan fingerprint density at radius 2 is 1.90 bits per heavy atom. The largest absolute Gasteiger partial charge is 0.482 e. The van der Waals surface area contributed by atoms with Gasteiger partial charge in [-0.05, 0) is 37.5 Å². The minimum absolute atomic E-state index is 0.0169. The summed E-state index contributed by atoms with van der Waals surface area (Å²) in [7, 11) is 0. The van der Waals surface area contributed by atoms with Crippen molar-refractivity contribution in [2.24, 2.45) is 0 Å². The Kier molecular flexibility index (Phi) is 7.43. The van der Waals surface area contributed by atoms with Gasteiger partial charge in [-0.25, -0.2) is 4.79 Å². The minimum atomic E-state index is -0.705. The van der Waals surface area contributed by atoms with Gasteiger partial charge in [0.05, 0.1) is 6.61 Å². The number of carbonyl (C=O) groups excluding carboxylic acids is 3. The molecule has 1 saturated heterocycles. The van der Waals surface area contributed by atoms with Gasteiger partial charge in [0.25, 0.3) is 5.91 Å².